The van der Waals surface area contributed by atoms with E-state index in [0.29, 0.717) is 0 Å². The molecule has 0 aliphatic heterocycles. The summed E-state index contributed by atoms with van der Waals surface area (Å²) in [5, 5.41) is 14.8. The van der Waals surface area contributed by atoms with Crippen molar-refractivity contribution in [2.75, 3.05) is 0 Å². The molecule has 0 aromatic carbocycles. The van der Waals surface area contributed by atoms with Crippen molar-refractivity contribution in [1.82, 2.24) is 0 Å². The molecule has 0 aliphatic carbocycles. The third-order valence-corrected chi connectivity index (χ3v) is 0. The maximum absolute atomic E-state index is 8.25. The molecule has 0 amide bonds. The van der Waals surface area contributed by atoms with Gasteiger partial charge in [0.1, 0.15) is 0 Å². The first kappa shape index (κ1) is 109. The second-order valence-electron chi connectivity index (χ2n) is 0.224. The molecule has 0 rings (SSSR count). The monoisotopic (exact) mass is 311 g/mol. The summed E-state index contributed by atoms with van der Waals surface area (Å²) in [6, 6.07) is 0. The van der Waals surface area contributed by atoms with Gasteiger partial charge in [0, 0.05) is 41.3 Å². The summed E-state index contributed by atoms with van der Waals surface area (Å²) in [4.78, 5) is 8.25. The molecular formula is H12NO9Pr-. The molecule has 0 aromatic rings. The smallest absolute Gasteiger partial charge is 0.0689 e. The van der Waals surface area contributed by atoms with E-state index < -0.39 is 5.09 Å². The molecule has 0 unspecified atom stereocenters. The van der Waals surface area contributed by atoms with Crippen LogP contribution in [0.15, 0.2) is 0 Å². The summed E-state index contributed by atoms with van der Waals surface area (Å²) in [5.41, 5.74) is 0. The minimum Gasteiger partial charge on any atom is -0.412 e. The molecular weight excluding hydrogens is 299 g/mol. The first-order valence-electron chi connectivity index (χ1n) is 0.548. The molecule has 75 valence electrons. The van der Waals surface area contributed by atoms with E-state index in [9.17, 15) is 0 Å². The fourth-order valence-corrected chi connectivity index (χ4v) is 0. The molecule has 0 saturated heterocycles. The molecule has 12 N–H and O–H groups in total. The van der Waals surface area contributed by atoms with Gasteiger partial charge >= 0.3 is 0 Å². The number of rotatable bonds is 0. The van der Waals surface area contributed by atoms with Crippen molar-refractivity contribution >= 4 is 0 Å². The van der Waals surface area contributed by atoms with E-state index in [1.54, 1.807) is 0 Å². The van der Waals surface area contributed by atoms with Crippen LogP contribution in [0.4, 0.5) is 0 Å². The third-order valence-electron chi connectivity index (χ3n) is 0. The Labute approximate surface area is 94.1 Å². The van der Waals surface area contributed by atoms with Crippen LogP contribution < -0.4 is 0 Å². The average molecular weight is 311 g/mol. The van der Waals surface area contributed by atoms with E-state index in [2.05, 4.69) is 0 Å². The fourth-order valence-electron chi connectivity index (χ4n) is 0. The minimum absolute atomic E-state index is 0. The van der Waals surface area contributed by atoms with Crippen molar-refractivity contribution in [3.05, 3.63) is 15.3 Å². The Bertz CT molecular complexity index is 32.5. The van der Waals surface area contributed by atoms with Crippen molar-refractivity contribution < 1.29 is 79.2 Å². The van der Waals surface area contributed by atoms with E-state index in [-0.39, 0.29) is 74.1 Å². The predicted octanol–water partition coefficient (Wildman–Crippen LogP) is -5.19. The fraction of sp³-hybridized carbons (Fsp3) is 0. The molecule has 0 bridgehead atoms. The zero-order chi connectivity index (χ0) is 3.58. The van der Waals surface area contributed by atoms with Crippen LogP contribution in [-0.2, 0) is 0 Å². The summed E-state index contributed by atoms with van der Waals surface area (Å²) >= 11 is 0. The third kappa shape index (κ3) is 6830. The van der Waals surface area contributed by atoms with E-state index >= 15 is 0 Å². The topological polar surface area (TPSA) is 255 Å². The van der Waals surface area contributed by atoms with Crippen molar-refractivity contribution in [2.24, 2.45) is 0 Å². The summed E-state index contributed by atoms with van der Waals surface area (Å²) in [7, 11) is 0. The van der Waals surface area contributed by atoms with Crippen LogP contribution in [0.3, 0.4) is 0 Å². The maximum atomic E-state index is 8.25. The Balaban J connectivity index is -0.00000000214. The summed E-state index contributed by atoms with van der Waals surface area (Å²) in [6.07, 6.45) is 0. The van der Waals surface area contributed by atoms with Crippen LogP contribution in [0, 0.1) is 56.6 Å². The molecule has 0 aliphatic rings. The Morgan fingerprint density at radius 1 is 0.727 bits per heavy atom. The molecule has 10 nitrogen and oxygen atoms in total. The molecule has 11 heteroatoms. The van der Waals surface area contributed by atoms with Crippen molar-refractivity contribution in [3.63, 3.8) is 0 Å². The Hall–Kier alpha value is 0.324. The van der Waals surface area contributed by atoms with Gasteiger partial charge in [-0.15, -0.1) is 0 Å². The van der Waals surface area contributed by atoms with Crippen molar-refractivity contribution in [1.29, 1.82) is 0 Å². The number of hydrogen-bond donors (Lipinski definition) is 0. The SMILES string of the molecule is O.O.O.O.O.O.O=[N+]([O-])[O-].[Pr]. The maximum Gasteiger partial charge on any atom is 0.0689 e. The molecule has 0 heterocycles. The van der Waals surface area contributed by atoms with E-state index in [1.807, 2.05) is 0 Å². The molecule has 0 saturated carbocycles. The van der Waals surface area contributed by atoms with Gasteiger partial charge in [-0.1, -0.05) is 0 Å². The Morgan fingerprint density at radius 2 is 0.727 bits per heavy atom. The van der Waals surface area contributed by atoms with Gasteiger partial charge in [-0.25, -0.2) is 0 Å². The van der Waals surface area contributed by atoms with E-state index in [1.165, 1.54) is 0 Å². The van der Waals surface area contributed by atoms with E-state index in [0.717, 1.165) is 0 Å². The van der Waals surface area contributed by atoms with Crippen LogP contribution in [0.1, 0.15) is 0 Å². The minimum atomic E-state index is -1.75. The quantitative estimate of drug-likeness (QED) is 0.314. The summed E-state index contributed by atoms with van der Waals surface area (Å²) in [6.45, 7) is 0. The molecule has 0 fully saturated rings. The second-order valence-corrected chi connectivity index (χ2v) is 0.224. The predicted molar refractivity (Wildman–Crippen MR) is 32.0 cm³/mol. The Kier molecular flexibility index (Phi) is 807. The van der Waals surface area contributed by atoms with Crippen LogP contribution in [-0.4, -0.2) is 37.9 Å². The van der Waals surface area contributed by atoms with Gasteiger partial charge in [0.15, 0.2) is 0 Å². The van der Waals surface area contributed by atoms with Crippen LogP contribution in [0.5, 0.6) is 0 Å². The summed E-state index contributed by atoms with van der Waals surface area (Å²) in [5.74, 6) is 0. The van der Waals surface area contributed by atoms with Crippen LogP contribution in [0.25, 0.3) is 0 Å². The molecule has 0 spiro atoms. The first-order chi connectivity index (χ1) is 1.73. The van der Waals surface area contributed by atoms with Crippen LogP contribution in [0.2, 0.25) is 0 Å². The normalized spacial score (nSPS) is 2.18. The molecule has 11 heavy (non-hydrogen) atoms. The molecule has 0 atom stereocenters. The average Bonchev–Trinajstić information content (AvgIpc) is 0.811. The van der Waals surface area contributed by atoms with E-state index in [4.69, 9.17) is 15.3 Å². The van der Waals surface area contributed by atoms with Crippen molar-refractivity contribution in [2.45, 2.75) is 0 Å². The van der Waals surface area contributed by atoms with Gasteiger partial charge in [-0.3, -0.25) is 0 Å². The second kappa shape index (κ2) is 81.2. The van der Waals surface area contributed by atoms with Gasteiger partial charge in [-0.2, -0.15) is 0 Å². The van der Waals surface area contributed by atoms with Gasteiger partial charge in [0.05, 0.1) is 5.09 Å². The zero-order valence-electron chi connectivity index (χ0n) is 5.25. The number of nitrogens with zero attached hydrogens (tertiary/aromatic N) is 1. The summed E-state index contributed by atoms with van der Waals surface area (Å²) < 4.78 is 0. The van der Waals surface area contributed by atoms with Gasteiger partial charge in [-0.05, 0) is 0 Å². The van der Waals surface area contributed by atoms with Gasteiger partial charge in [0.2, 0.25) is 0 Å². The van der Waals surface area contributed by atoms with Crippen LogP contribution >= 0.6 is 0 Å². The first-order valence-corrected chi connectivity index (χ1v) is 0.548. The zero-order valence-corrected chi connectivity index (χ0v) is 8.95. The largest absolute Gasteiger partial charge is 0.412 e. The van der Waals surface area contributed by atoms with Gasteiger partial charge < -0.3 is 48.2 Å². The van der Waals surface area contributed by atoms with Crippen molar-refractivity contribution in [3.8, 4) is 0 Å². The molecule has 1 radical (unpaired) electrons. The number of hydrogen-bond acceptors (Lipinski definition) is 3. The standard InChI is InChI=1S/NO3.6H2O.Pr/c2-1(3)4;;;;;;;/h;6*1H2;/q-1;;;;;;;. The van der Waals surface area contributed by atoms with Gasteiger partial charge in [0.25, 0.3) is 0 Å². The molecule has 0 aromatic heterocycles. The Morgan fingerprint density at radius 3 is 0.727 bits per heavy atom.